The Hall–Kier alpha value is -2.28. The molecule has 0 bridgehead atoms. The van der Waals surface area contributed by atoms with E-state index in [2.05, 4.69) is 15.1 Å². The molecule has 1 amide bonds. The van der Waals surface area contributed by atoms with Gasteiger partial charge in [-0.3, -0.25) is 9.78 Å². The molecule has 120 valence electrons. The molecule has 2 aromatic heterocycles. The summed E-state index contributed by atoms with van der Waals surface area (Å²) in [6, 6.07) is 3.52. The normalized spacial score (nSPS) is 24.3. The minimum Gasteiger partial charge on any atom is -0.368 e. The van der Waals surface area contributed by atoms with Crippen LogP contribution in [0.3, 0.4) is 0 Å². The van der Waals surface area contributed by atoms with Crippen molar-refractivity contribution in [3.8, 4) is 11.4 Å². The van der Waals surface area contributed by atoms with Gasteiger partial charge in [-0.05, 0) is 37.8 Å². The molecule has 7 heteroatoms. The van der Waals surface area contributed by atoms with Gasteiger partial charge in [0.1, 0.15) is 12.1 Å². The summed E-state index contributed by atoms with van der Waals surface area (Å²) in [6.07, 6.45) is 6.60. The number of carbonyl (C=O) groups excluding carboxylic acids is 1. The second-order valence-electron chi connectivity index (χ2n) is 5.88. The Morgan fingerprint density at radius 1 is 1.22 bits per heavy atom. The number of pyridine rings is 1. The number of hydrogen-bond donors (Lipinski definition) is 0. The molecule has 2 atom stereocenters. The van der Waals surface area contributed by atoms with Gasteiger partial charge in [0.15, 0.2) is 0 Å². The molecule has 0 unspecified atom stereocenters. The molecule has 0 N–H and O–H groups in total. The van der Waals surface area contributed by atoms with E-state index in [4.69, 9.17) is 9.26 Å². The highest BCUT2D eigenvalue weighted by atomic mass is 16.5. The van der Waals surface area contributed by atoms with Crippen LogP contribution < -0.4 is 0 Å². The zero-order valence-electron chi connectivity index (χ0n) is 12.7. The lowest BCUT2D eigenvalue weighted by Gasteiger charge is -2.24. The Morgan fingerprint density at radius 2 is 2.09 bits per heavy atom. The van der Waals surface area contributed by atoms with Crippen molar-refractivity contribution >= 4 is 5.91 Å². The van der Waals surface area contributed by atoms with Gasteiger partial charge in [0.2, 0.25) is 11.7 Å². The number of likely N-dealkylation sites (tertiary alicyclic amines) is 1. The van der Waals surface area contributed by atoms with Crippen molar-refractivity contribution in [3.05, 3.63) is 30.4 Å². The summed E-state index contributed by atoms with van der Waals surface area (Å²) in [5.41, 5.74) is 0.852. The average molecular weight is 314 g/mol. The van der Waals surface area contributed by atoms with E-state index >= 15 is 0 Å². The summed E-state index contributed by atoms with van der Waals surface area (Å²) >= 11 is 0. The van der Waals surface area contributed by atoms with Crippen LogP contribution in [0.4, 0.5) is 0 Å². The fraction of sp³-hybridized carbons (Fsp3) is 0.500. The van der Waals surface area contributed by atoms with E-state index in [9.17, 15) is 4.79 Å². The van der Waals surface area contributed by atoms with Crippen LogP contribution in [0.5, 0.6) is 0 Å². The predicted molar refractivity (Wildman–Crippen MR) is 80.2 cm³/mol. The van der Waals surface area contributed by atoms with Crippen LogP contribution >= 0.6 is 0 Å². The Kier molecular flexibility index (Phi) is 3.78. The first kappa shape index (κ1) is 14.3. The van der Waals surface area contributed by atoms with E-state index in [0.29, 0.717) is 18.3 Å². The minimum atomic E-state index is -0.307. The maximum absolute atomic E-state index is 12.6. The number of hydrogen-bond acceptors (Lipinski definition) is 6. The van der Waals surface area contributed by atoms with Gasteiger partial charge in [-0.25, -0.2) is 0 Å². The molecule has 2 fully saturated rings. The molecule has 23 heavy (non-hydrogen) atoms. The van der Waals surface area contributed by atoms with Crippen molar-refractivity contribution in [3.63, 3.8) is 0 Å². The van der Waals surface area contributed by atoms with Crippen molar-refractivity contribution in [2.24, 2.45) is 0 Å². The van der Waals surface area contributed by atoms with Crippen LogP contribution in [0, 0.1) is 0 Å². The number of aromatic nitrogens is 3. The number of carbonyl (C=O) groups is 1. The molecule has 2 aromatic rings. The van der Waals surface area contributed by atoms with Crippen LogP contribution in [-0.4, -0.2) is 45.2 Å². The molecule has 7 nitrogen and oxygen atoms in total. The van der Waals surface area contributed by atoms with E-state index < -0.39 is 0 Å². The molecule has 4 rings (SSSR count). The summed E-state index contributed by atoms with van der Waals surface area (Å²) in [5.74, 6) is 1.08. The summed E-state index contributed by atoms with van der Waals surface area (Å²) in [7, 11) is 0. The third kappa shape index (κ3) is 2.72. The molecule has 4 heterocycles. The number of amides is 1. The van der Waals surface area contributed by atoms with Gasteiger partial charge >= 0.3 is 0 Å². The highest BCUT2D eigenvalue weighted by Crippen LogP contribution is 2.33. The van der Waals surface area contributed by atoms with Crippen molar-refractivity contribution in [1.82, 2.24) is 20.0 Å². The fourth-order valence-corrected chi connectivity index (χ4v) is 3.23. The predicted octanol–water partition coefficient (Wildman–Crippen LogP) is 1.97. The zero-order chi connectivity index (χ0) is 15.6. The van der Waals surface area contributed by atoms with E-state index in [1.807, 2.05) is 17.0 Å². The van der Waals surface area contributed by atoms with E-state index in [0.717, 1.165) is 37.8 Å². The Balaban J connectivity index is 1.55. The molecule has 2 aliphatic heterocycles. The molecule has 0 saturated carbocycles. The quantitative estimate of drug-likeness (QED) is 0.861. The largest absolute Gasteiger partial charge is 0.368 e. The summed E-state index contributed by atoms with van der Waals surface area (Å²) in [5, 5.41) is 4.04. The van der Waals surface area contributed by atoms with Crippen molar-refractivity contribution in [2.45, 2.75) is 37.8 Å². The lowest BCUT2D eigenvalue weighted by molar-refractivity contribution is -0.142. The van der Waals surface area contributed by atoms with Gasteiger partial charge in [0, 0.05) is 31.1 Å². The molecule has 0 aromatic carbocycles. The van der Waals surface area contributed by atoms with Crippen LogP contribution in [0.2, 0.25) is 0 Å². The van der Waals surface area contributed by atoms with Gasteiger partial charge in [-0.15, -0.1) is 0 Å². The second kappa shape index (κ2) is 6.08. The molecule has 0 spiro atoms. The van der Waals surface area contributed by atoms with Gasteiger partial charge < -0.3 is 14.2 Å². The molecular formula is C16H18N4O3. The molecule has 2 aliphatic rings. The highest BCUT2D eigenvalue weighted by Gasteiger charge is 2.38. The third-order valence-corrected chi connectivity index (χ3v) is 4.41. The van der Waals surface area contributed by atoms with Gasteiger partial charge in [0.05, 0.1) is 0 Å². The van der Waals surface area contributed by atoms with Gasteiger partial charge in [-0.1, -0.05) is 5.16 Å². The molecule has 0 aliphatic carbocycles. The van der Waals surface area contributed by atoms with Crippen LogP contribution in [0.15, 0.2) is 29.0 Å². The second-order valence-corrected chi connectivity index (χ2v) is 5.88. The highest BCUT2D eigenvalue weighted by molar-refractivity contribution is 5.81. The van der Waals surface area contributed by atoms with Crippen molar-refractivity contribution < 1.29 is 14.1 Å². The van der Waals surface area contributed by atoms with Gasteiger partial charge in [-0.2, -0.15) is 4.98 Å². The Bertz CT molecular complexity index is 682. The SMILES string of the molecule is O=C([C@H]1CCCO1)N1CCC[C@H]1c1nc(-c2ccncc2)no1. The van der Waals surface area contributed by atoms with E-state index in [1.165, 1.54) is 0 Å². The lowest BCUT2D eigenvalue weighted by atomic mass is 10.2. The van der Waals surface area contributed by atoms with Crippen LogP contribution in [0.25, 0.3) is 11.4 Å². The number of nitrogens with zero attached hydrogens (tertiary/aromatic N) is 4. The lowest BCUT2D eigenvalue weighted by Crippen LogP contribution is -2.38. The Morgan fingerprint density at radius 3 is 2.87 bits per heavy atom. The van der Waals surface area contributed by atoms with Crippen LogP contribution in [-0.2, 0) is 9.53 Å². The van der Waals surface area contributed by atoms with Gasteiger partial charge in [0.25, 0.3) is 5.91 Å². The molecular weight excluding hydrogens is 296 g/mol. The van der Waals surface area contributed by atoms with Crippen LogP contribution in [0.1, 0.15) is 37.6 Å². The maximum atomic E-state index is 12.6. The monoisotopic (exact) mass is 314 g/mol. The topological polar surface area (TPSA) is 81.4 Å². The average Bonchev–Trinajstić information content (AvgIpc) is 3.35. The number of ether oxygens (including phenoxy) is 1. The zero-order valence-corrected chi connectivity index (χ0v) is 12.7. The Labute approximate surface area is 133 Å². The molecule has 0 radical (unpaired) electrons. The first-order chi connectivity index (χ1) is 11.3. The standard InChI is InChI=1S/C16H18N4O3/c21-16(13-4-2-10-22-13)20-9-1-3-12(20)15-18-14(19-23-15)11-5-7-17-8-6-11/h5-8,12-13H,1-4,9-10H2/t12-,13+/m0/s1. The van der Waals surface area contributed by atoms with E-state index in [1.54, 1.807) is 12.4 Å². The molecule has 2 saturated heterocycles. The van der Waals surface area contributed by atoms with Crippen molar-refractivity contribution in [1.29, 1.82) is 0 Å². The summed E-state index contributed by atoms with van der Waals surface area (Å²) < 4.78 is 11.0. The van der Waals surface area contributed by atoms with E-state index in [-0.39, 0.29) is 18.1 Å². The minimum absolute atomic E-state index is 0.0497. The maximum Gasteiger partial charge on any atom is 0.252 e. The smallest absolute Gasteiger partial charge is 0.252 e. The first-order valence-corrected chi connectivity index (χ1v) is 7.99. The fourth-order valence-electron chi connectivity index (χ4n) is 3.23. The number of rotatable bonds is 3. The summed E-state index contributed by atoms with van der Waals surface area (Å²) in [4.78, 5) is 22.9. The summed E-state index contributed by atoms with van der Waals surface area (Å²) in [6.45, 7) is 1.39. The first-order valence-electron chi connectivity index (χ1n) is 7.99. The van der Waals surface area contributed by atoms with Crippen molar-refractivity contribution in [2.75, 3.05) is 13.2 Å². The third-order valence-electron chi connectivity index (χ3n) is 4.41.